The highest BCUT2D eigenvalue weighted by molar-refractivity contribution is 9.10. The van der Waals surface area contributed by atoms with Gasteiger partial charge in [-0.25, -0.2) is 0 Å². The fourth-order valence-corrected chi connectivity index (χ4v) is 1.68. The number of nitro benzene ring substituents is 1. The first-order chi connectivity index (χ1) is 7.54. The van der Waals surface area contributed by atoms with Crippen LogP contribution in [-0.2, 0) is 4.74 Å². The van der Waals surface area contributed by atoms with Gasteiger partial charge in [-0.05, 0) is 19.1 Å². The Labute approximate surface area is 102 Å². The van der Waals surface area contributed by atoms with Gasteiger partial charge in [-0.1, -0.05) is 15.9 Å². The zero-order valence-electron chi connectivity index (χ0n) is 9.07. The fraction of sp³-hybridized carbons (Fsp3) is 0.400. The van der Waals surface area contributed by atoms with Crippen LogP contribution >= 0.6 is 15.9 Å². The van der Waals surface area contributed by atoms with Crippen LogP contribution in [0.4, 0.5) is 11.4 Å². The lowest BCUT2D eigenvalue weighted by molar-refractivity contribution is -0.384. The summed E-state index contributed by atoms with van der Waals surface area (Å²) in [6, 6.07) is 4.93. The predicted octanol–water partition coefficient (Wildman–Crippen LogP) is 2.80. The van der Waals surface area contributed by atoms with Crippen LogP contribution in [0.15, 0.2) is 22.7 Å². The number of nitrogens with zero attached hydrogens (tertiary/aromatic N) is 1. The summed E-state index contributed by atoms with van der Waals surface area (Å²) in [6.07, 6.45) is 0. The van der Waals surface area contributed by atoms with Crippen molar-refractivity contribution >= 4 is 27.3 Å². The van der Waals surface area contributed by atoms with Crippen molar-refractivity contribution < 1.29 is 9.66 Å². The number of nitro groups is 1. The molecule has 1 N–H and O–H groups in total. The molecule has 0 aliphatic carbocycles. The van der Waals surface area contributed by atoms with Crippen LogP contribution < -0.4 is 5.32 Å². The topological polar surface area (TPSA) is 64.4 Å². The van der Waals surface area contributed by atoms with Gasteiger partial charge in [-0.3, -0.25) is 10.1 Å². The third kappa shape index (κ3) is 3.46. The minimum Gasteiger partial charge on any atom is -0.383 e. The molecule has 5 nitrogen and oxygen atoms in total. The molecule has 0 aromatic heterocycles. The van der Waals surface area contributed by atoms with Crippen LogP contribution in [0.25, 0.3) is 0 Å². The Balaban J connectivity index is 2.90. The number of hydrogen-bond acceptors (Lipinski definition) is 4. The van der Waals surface area contributed by atoms with Crippen molar-refractivity contribution in [1.29, 1.82) is 0 Å². The van der Waals surface area contributed by atoms with E-state index in [2.05, 4.69) is 21.2 Å². The summed E-state index contributed by atoms with van der Waals surface area (Å²) in [4.78, 5) is 10.4. The third-order valence-electron chi connectivity index (χ3n) is 1.98. The Bertz CT molecular complexity index is 384. The highest BCUT2D eigenvalue weighted by Crippen LogP contribution is 2.28. The minimum absolute atomic E-state index is 0.0184. The molecule has 0 aliphatic heterocycles. The first-order valence-corrected chi connectivity index (χ1v) is 5.53. The Kier molecular flexibility index (Phi) is 4.70. The molecule has 1 unspecified atom stereocenters. The third-order valence-corrected chi connectivity index (χ3v) is 2.47. The molecule has 0 bridgehead atoms. The van der Waals surface area contributed by atoms with E-state index in [-0.39, 0.29) is 11.7 Å². The average molecular weight is 289 g/mol. The van der Waals surface area contributed by atoms with Crippen molar-refractivity contribution in [2.45, 2.75) is 13.0 Å². The summed E-state index contributed by atoms with van der Waals surface area (Å²) in [5.74, 6) is 0. The molecule has 88 valence electrons. The van der Waals surface area contributed by atoms with Crippen molar-refractivity contribution in [2.75, 3.05) is 19.0 Å². The second-order valence-electron chi connectivity index (χ2n) is 3.42. The summed E-state index contributed by atoms with van der Waals surface area (Å²) in [7, 11) is 1.59. The first kappa shape index (κ1) is 12.9. The SMILES string of the molecule is COCC(C)Nc1ccc(Br)cc1[N+](=O)[O-]. The molecular formula is C10H13BrN2O3. The Morgan fingerprint density at radius 2 is 2.31 bits per heavy atom. The summed E-state index contributed by atoms with van der Waals surface area (Å²) >= 11 is 3.20. The molecular weight excluding hydrogens is 276 g/mol. The maximum Gasteiger partial charge on any atom is 0.293 e. The summed E-state index contributed by atoms with van der Waals surface area (Å²) < 4.78 is 5.64. The second kappa shape index (κ2) is 5.81. The van der Waals surface area contributed by atoms with Crippen molar-refractivity contribution in [3.05, 3.63) is 32.8 Å². The lowest BCUT2D eigenvalue weighted by atomic mass is 10.2. The van der Waals surface area contributed by atoms with Gasteiger partial charge in [0.1, 0.15) is 5.69 Å². The number of hydrogen-bond donors (Lipinski definition) is 1. The molecule has 0 fully saturated rings. The summed E-state index contributed by atoms with van der Waals surface area (Å²) in [6.45, 7) is 2.39. The van der Waals surface area contributed by atoms with E-state index in [1.807, 2.05) is 6.92 Å². The van der Waals surface area contributed by atoms with Gasteiger partial charge in [0.25, 0.3) is 5.69 Å². The number of benzene rings is 1. The van der Waals surface area contributed by atoms with Crippen molar-refractivity contribution in [3.8, 4) is 0 Å². The van der Waals surface area contributed by atoms with Crippen molar-refractivity contribution in [1.82, 2.24) is 0 Å². The standard InChI is InChI=1S/C10H13BrN2O3/c1-7(6-16-2)12-9-4-3-8(11)5-10(9)13(14)15/h3-5,7,12H,6H2,1-2H3. The van der Waals surface area contributed by atoms with E-state index in [1.54, 1.807) is 19.2 Å². The van der Waals surface area contributed by atoms with E-state index in [4.69, 9.17) is 4.74 Å². The van der Waals surface area contributed by atoms with Gasteiger partial charge < -0.3 is 10.1 Å². The molecule has 16 heavy (non-hydrogen) atoms. The zero-order chi connectivity index (χ0) is 12.1. The molecule has 1 atom stereocenters. The van der Waals surface area contributed by atoms with E-state index in [0.717, 1.165) is 0 Å². The van der Waals surface area contributed by atoms with Gasteiger partial charge in [0.15, 0.2) is 0 Å². The minimum atomic E-state index is -0.410. The molecule has 0 spiro atoms. The number of rotatable bonds is 5. The molecule has 1 rings (SSSR count). The number of halogens is 1. The second-order valence-corrected chi connectivity index (χ2v) is 4.33. The molecule has 1 aromatic carbocycles. The summed E-state index contributed by atoms with van der Waals surface area (Å²) in [5, 5.41) is 13.9. The zero-order valence-corrected chi connectivity index (χ0v) is 10.7. The molecule has 0 amide bonds. The molecule has 0 saturated heterocycles. The Morgan fingerprint density at radius 3 is 2.88 bits per heavy atom. The average Bonchev–Trinajstić information content (AvgIpc) is 2.20. The van der Waals surface area contributed by atoms with Gasteiger partial charge in [-0.2, -0.15) is 0 Å². The van der Waals surface area contributed by atoms with Gasteiger partial charge in [0.2, 0.25) is 0 Å². The highest BCUT2D eigenvalue weighted by Gasteiger charge is 2.15. The lowest BCUT2D eigenvalue weighted by Crippen LogP contribution is -2.21. The number of ether oxygens (including phenoxy) is 1. The molecule has 0 saturated carbocycles. The fourth-order valence-electron chi connectivity index (χ4n) is 1.34. The lowest BCUT2D eigenvalue weighted by Gasteiger charge is -2.14. The molecule has 1 aromatic rings. The van der Waals surface area contributed by atoms with Crippen LogP contribution in [0.5, 0.6) is 0 Å². The molecule has 0 aliphatic rings. The van der Waals surface area contributed by atoms with Crippen LogP contribution in [0.3, 0.4) is 0 Å². The van der Waals surface area contributed by atoms with Gasteiger partial charge in [0, 0.05) is 23.7 Å². The smallest absolute Gasteiger partial charge is 0.293 e. The molecule has 0 radical (unpaired) electrons. The normalized spacial score (nSPS) is 12.2. The van der Waals surface area contributed by atoms with Gasteiger partial charge in [-0.15, -0.1) is 0 Å². The number of methoxy groups -OCH3 is 1. The van der Waals surface area contributed by atoms with Crippen LogP contribution in [0.2, 0.25) is 0 Å². The maximum absolute atomic E-state index is 10.8. The van der Waals surface area contributed by atoms with Crippen LogP contribution in [-0.4, -0.2) is 24.7 Å². The Hall–Kier alpha value is -1.14. The van der Waals surface area contributed by atoms with E-state index in [1.165, 1.54) is 6.07 Å². The number of nitrogens with one attached hydrogen (secondary N) is 1. The maximum atomic E-state index is 10.8. The van der Waals surface area contributed by atoms with Crippen molar-refractivity contribution in [3.63, 3.8) is 0 Å². The first-order valence-electron chi connectivity index (χ1n) is 4.74. The molecule has 0 heterocycles. The van der Waals surface area contributed by atoms with Crippen molar-refractivity contribution in [2.24, 2.45) is 0 Å². The van der Waals surface area contributed by atoms with E-state index < -0.39 is 4.92 Å². The Morgan fingerprint density at radius 1 is 1.62 bits per heavy atom. The molecule has 6 heteroatoms. The summed E-state index contributed by atoms with van der Waals surface area (Å²) in [5.41, 5.74) is 0.551. The number of anilines is 1. The predicted molar refractivity (Wildman–Crippen MR) is 65.8 cm³/mol. The largest absolute Gasteiger partial charge is 0.383 e. The monoisotopic (exact) mass is 288 g/mol. The quantitative estimate of drug-likeness (QED) is 0.668. The highest BCUT2D eigenvalue weighted by atomic mass is 79.9. The van der Waals surface area contributed by atoms with Crippen LogP contribution in [0, 0.1) is 10.1 Å². The van der Waals surface area contributed by atoms with E-state index in [9.17, 15) is 10.1 Å². The van der Waals surface area contributed by atoms with Gasteiger partial charge >= 0.3 is 0 Å². The van der Waals surface area contributed by atoms with Crippen LogP contribution in [0.1, 0.15) is 6.92 Å². The van der Waals surface area contributed by atoms with E-state index >= 15 is 0 Å². The van der Waals surface area contributed by atoms with E-state index in [0.29, 0.717) is 16.8 Å². The van der Waals surface area contributed by atoms with Gasteiger partial charge in [0.05, 0.1) is 11.5 Å².